The number of hydrogen-bond acceptors (Lipinski definition) is 6. The van der Waals surface area contributed by atoms with Gasteiger partial charge in [0.2, 0.25) is 0 Å². The number of aryl methyl sites for hydroxylation is 1. The quantitative estimate of drug-likeness (QED) is 0.254. The Morgan fingerprint density at radius 3 is 2.30 bits per heavy atom. The number of rotatable bonds is 10. The van der Waals surface area contributed by atoms with Crippen LogP contribution in [0.25, 0.3) is 22.6 Å². The first-order valence-electron chi connectivity index (χ1n) is 12.4. The molecule has 2 aromatic carbocycles. The molecule has 194 valence electrons. The summed E-state index contributed by atoms with van der Waals surface area (Å²) in [7, 11) is 0. The summed E-state index contributed by atoms with van der Waals surface area (Å²) in [4.78, 5) is 11.3. The molecule has 4 aromatic rings. The molecule has 0 aliphatic carbocycles. The highest BCUT2D eigenvalue weighted by atomic mass is 16.5. The Hall–Kier alpha value is -3.84. The molecule has 0 aliphatic rings. The van der Waals surface area contributed by atoms with Gasteiger partial charge in [0, 0.05) is 35.6 Å². The van der Waals surface area contributed by atoms with E-state index in [2.05, 4.69) is 25.9 Å². The van der Waals surface area contributed by atoms with E-state index in [1.54, 1.807) is 6.92 Å². The average molecular weight is 504 g/mol. The summed E-state index contributed by atoms with van der Waals surface area (Å²) in [6.07, 6.45) is -0.552. The Morgan fingerprint density at radius 2 is 1.70 bits per heavy atom. The fourth-order valence-electron chi connectivity index (χ4n) is 3.88. The number of benzene rings is 2. The van der Waals surface area contributed by atoms with Crippen molar-refractivity contribution in [3.63, 3.8) is 0 Å². The average Bonchev–Trinajstić information content (AvgIpc) is 3.51. The van der Waals surface area contributed by atoms with Gasteiger partial charge >= 0.3 is 5.97 Å². The minimum absolute atomic E-state index is 0.0929. The van der Waals surface area contributed by atoms with Crippen LogP contribution in [0.2, 0.25) is 0 Å². The van der Waals surface area contributed by atoms with Crippen LogP contribution in [-0.2, 0) is 28.0 Å². The van der Waals surface area contributed by atoms with Gasteiger partial charge in [0.05, 0.1) is 0 Å². The largest absolute Gasteiger partial charge is 0.486 e. The number of ether oxygens (including phenoxy) is 2. The van der Waals surface area contributed by atoms with Gasteiger partial charge in [-0.3, -0.25) is 0 Å². The van der Waals surface area contributed by atoms with E-state index in [0.29, 0.717) is 18.8 Å². The highest BCUT2D eigenvalue weighted by molar-refractivity contribution is 5.72. The molecule has 7 heteroatoms. The highest BCUT2D eigenvalue weighted by Gasteiger charge is 2.20. The molecule has 0 aliphatic heterocycles. The monoisotopic (exact) mass is 503 g/mol. The molecule has 37 heavy (non-hydrogen) atoms. The third kappa shape index (κ3) is 6.49. The van der Waals surface area contributed by atoms with E-state index >= 15 is 0 Å². The molecular weight excluding hydrogens is 470 g/mol. The number of aliphatic carboxylic acids is 1. The maximum absolute atomic E-state index is 11.3. The SMILES string of the molecule is CCO[C@@H](Cc1ccc(OCc2oc(-c3ccc(-c4cc(C(C)(C)C)on4)cc3)cc2C)cc1)C(=O)O. The van der Waals surface area contributed by atoms with Gasteiger partial charge in [0.1, 0.15) is 35.3 Å². The van der Waals surface area contributed by atoms with Crippen molar-refractivity contribution in [3.05, 3.63) is 83.3 Å². The maximum atomic E-state index is 11.3. The van der Waals surface area contributed by atoms with Crippen LogP contribution >= 0.6 is 0 Å². The van der Waals surface area contributed by atoms with E-state index in [4.69, 9.17) is 18.4 Å². The minimum atomic E-state index is -0.964. The lowest BCUT2D eigenvalue weighted by Gasteiger charge is -2.12. The number of carboxylic acid groups (broad SMARTS) is 1. The Kier molecular flexibility index (Phi) is 7.83. The van der Waals surface area contributed by atoms with Gasteiger partial charge in [0.25, 0.3) is 0 Å². The van der Waals surface area contributed by atoms with Crippen LogP contribution in [0.5, 0.6) is 5.75 Å². The van der Waals surface area contributed by atoms with Crippen LogP contribution in [0, 0.1) is 6.92 Å². The van der Waals surface area contributed by atoms with Crippen molar-refractivity contribution >= 4 is 5.97 Å². The zero-order chi connectivity index (χ0) is 26.6. The van der Waals surface area contributed by atoms with Crippen molar-refractivity contribution in [3.8, 4) is 28.3 Å². The van der Waals surface area contributed by atoms with Crippen LogP contribution < -0.4 is 4.74 Å². The first-order chi connectivity index (χ1) is 17.6. The van der Waals surface area contributed by atoms with Crippen LogP contribution in [0.4, 0.5) is 0 Å². The highest BCUT2D eigenvalue weighted by Crippen LogP contribution is 2.31. The van der Waals surface area contributed by atoms with Crippen LogP contribution in [0.1, 0.15) is 50.3 Å². The van der Waals surface area contributed by atoms with Crippen molar-refractivity contribution in [1.29, 1.82) is 0 Å². The molecule has 0 unspecified atom stereocenters. The van der Waals surface area contributed by atoms with Crippen LogP contribution in [0.3, 0.4) is 0 Å². The summed E-state index contributed by atoms with van der Waals surface area (Å²) in [5.74, 6) is 2.08. The second-order valence-corrected chi connectivity index (χ2v) is 10.0. The van der Waals surface area contributed by atoms with E-state index in [0.717, 1.165) is 45.2 Å². The molecule has 0 bridgehead atoms. The standard InChI is InChI=1S/C30H33NO6/c1-6-34-26(29(32)33)16-20-7-13-23(14-8-20)35-18-27-19(2)15-25(36-27)22-11-9-21(10-12-22)24-17-28(37-31-24)30(3,4)5/h7-15,17,26H,6,16,18H2,1-5H3,(H,32,33)/t26-/m0/s1. The predicted molar refractivity (Wildman–Crippen MR) is 141 cm³/mol. The number of aromatic nitrogens is 1. The Bertz CT molecular complexity index is 1330. The molecule has 0 radical (unpaired) electrons. The summed E-state index contributed by atoms with van der Waals surface area (Å²) in [6.45, 7) is 10.7. The fraction of sp³-hybridized carbons (Fsp3) is 0.333. The zero-order valence-electron chi connectivity index (χ0n) is 21.9. The summed E-state index contributed by atoms with van der Waals surface area (Å²) < 4.78 is 22.8. The van der Waals surface area contributed by atoms with E-state index in [-0.39, 0.29) is 12.0 Å². The summed E-state index contributed by atoms with van der Waals surface area (Å²) >= 11 is 0. The fourth-order valence-corrected chi connectivity index (χ4v) is 3.88. The zero-order valence-corrected chi connectivity index (χ0v) is 21.9. The molecule has 0 spiro atoms. The van der Waals surface area contributed by atoms with E-state index in [1.807, 2.05) is 67.6 Å². The summed E-state index contributed by atoms with van der Waals surface area (Å²) in [6, 6.07) is 19.4. The van der Waals surface area contributed by atoms with Gasteiger partial charge in [-0.15, -0.1) is 0 Å². The van der Waals surface area contributed by atoms with Gasteiger partial charge in [-0.1, -0.05) is 62.3 Å². The third-order valence-corrected chi connectivity index (χ3v) is 6.09. The van der Waals surface area contributed by atoms with Crippen molar-refractivity contribution in [2.24, 2.45) is 0 Å². The van der Waals surface area contributed by atoms with Gasteiger partial charge < -0.3 is 23.5 Å². The molecule has 2 heterocycles. The molecule has 7 nitrogen and oxygen atoms in total. The van der Waals surface area contributed by atoms with Crippen molar-refractivity contribution in [2.45, 2.75) is 59.2 Å². The molecule has 4 rings (SSSR count). The van der Waals surface area contributed by atoms with Crippen molar-refractivity contribution < 1.29 is 28.3 Å². The second kappa shape index (κ2) is 11.0. The molecule has 0 amide bonds. The Morgan fingerprint density at radius 1 is 1.03 bits per heavy atom. The van der Waals surface area contributed by atoms with Gasteiger partial charge in [-0.25, -0.2) is 4.79 Å². The first kappa shape index (κ1) is 26.2. The number of carboxylic acids is 1. The minimum Gasteiger partial charge on any atom is -0.486 e. The molecule has 1 N–H and O–H groups in total. The lowest BCUT2D eigenvalue weighted by Crippen LogP contribution is -2.26. The van der Waals surface area contributed by atoms with Crippen molar-refractivity contribution in [2.75, 3.05) is 6.61 Å². The maximum Gasteiger partial charge on any atom is 0.333 e. The lowest BCUT2D eigenvalue weighted by atomic mass is 9.93. The topological polar surface area (TPSA) is 94.9 Å². The van der Waals surface area contributed by atoms with Crippen molar-refractivity contribution in [1.82, 2.24) is 5.16 Å². The van der Waals surface area contributed by atoms with E-state index in [1.165, 1.54) is 0 Å². The molecule has 0 fully saturated rings. The number of nitrogens with zero attached hydrogens (tertiary/aromatic N) is 1. The molecule has 0 saturated heterocycles. The van der Waals surface area contributed by atoms with E-state index < -0.39 is 12.1 Å². The number of carbonyl (C=O) groups is 1. The Balaban J connectivity index is 1.39. The normalized spacial score (nSPS) is 12.5. The van der Waals surface area contributed by atoms with Crippen LogP contribution in [0.15, 0.2) is 69.6 Å². The van der Waals surface area contributed by atoms with Gasteiger partial charge in [-0.05, 0) is 43.2 Å². The van der Waals surface area contributed by atoms with Gasteiger partial charge in [0.15, 0.2) is 6.10 Å². The summed E-state index contributed by atoms with van der Waals surface area (Å²) in [5.41, 5.74) is 4.53. The first-order valence-corrected chi connectivity index (χ1v) is 12.4. The molecular formula is C30H33NO6. The molecule has 0 saturated carbocycles. The molecule has 1 atom stereocenters. The smallest absolute Gasteiger partial charge is 0.333 e. The Labute approximate surface area is 217 Å². The lowest BCUT2D eigenvalue weighted by molar-refractivity contribution is -0.149. The second-order valence-electron chi connectivity index (χ2n) is 10.0. The summed E-state index contributed by atoms with van der Waals surface area (Å²) in [5, 5.41) is 13.5. The number of hydrogen-bond donors (Lipinski definition) is 1. The molecule has 2 aromatic heterocycles. The predicted octanol–water partition coefficient (Wildman–Crippen LogP) is 6.82. The van der Waals surface area contributed by atoms with Crippen LogP contribution in [-0.4, -0.2) is 28.9 Å². The van der Waals surface area contributed by atoms with Gasteiger partial charge in [-0.2, -0.15) is 0 Å². The number of furan rings is 1. The van der Waals surface area contributed by atoms with E-state index in [9.17, 15) is 9.90 Å². The third-order valence-electron chi connectivity index (χ3n) is 6.09.